The third kappa shape index (κ3) is 5.06. The summed E-state index contributed by atoms with van der Waals surface area (Å²) in [6.45, 7) is 1.74. The molecule has 1 aromatic carbocycles. The summed E-state index contributed by atoms with van der Waals surface area (Å²) < 4.78 is 0. The number of para-hydroxylation sites is 1. The van der Waals surface area contributed by atoms with Gasteiger partial charge in [-0.15, -0.1) is 0 Å². The van der Waals surface area contributed by atoms with Crippen molar-refractivity contribution in [3.8, 4) is 0 Å². The maximum atomic E-state index is 11.9. The summed E-state index contributed by atoms with van der Waals surface area (Å²) in [6, 6.07) is 6.01. The lowest BCUT2D eigenvalue weighted by molar-refractivity contribution is -0.385. The Balaban J connectivity index is 2.90. The van der Waals surface area contributed by atoms with Crippen LogP contribution in [0.25, 0.3) is 6.08 Å². The van der Waals surface area contributed by atoms with Crippen molar-refractivity contribution in [1.82, 2.24) is 4.90 Å². The Labute approximate surface area is 121 Å². The third-order valence-electron chi connectivity index (χ3n) is 2.67. The molecule has 0 fully saturated rings. The van der Waals surface area contributed by atoms with Gasteiger partial charge in [-0.25, -0.2) is 0 Å². The van der Waals surface area contributed by atoms with Gasteiger partial charge in [-0.2, -0.15) is 0 Å². The van der Waals surface area contributed by atoms with Crippen LogP contribution in [-0.2, 0) is 9.59 Å². The number of benzene rings is 1. The van der Waals surface area contributed by atoms with E-state index in [0.29, 0.717) is 18.5 Å². The number of nitrogens with zero attached hydrogens (tertiary/aromatic N) is 2. The van der Waals surface area contributed by atoms with E-state index >= 15 is 0 Å². The highest BCUT2D eigenvalue weighted by atomic mass is 16.6. The summed E-state index contributed by atoms with van der Waals surface area (Å²) in [5, 5.41) is 19.6. The van der Waals surface area contributed by atoms with E-state index in [2.05, 4.69) is 0 Å². The lowest BCUT2D eigenvalue weighted by Crippen LogP contribution is -2.35. The number of amides is 1. The van der Waals surface area contributed by atoms with Crippen molar-refractivity contribution < 1.29 is 19.6 Å². The van der Waals surface area contributed by atoms with Gasteiger partial charge in [0.25, 0.3) is 5.69 Å². The predicted molar refractivity (Wildman–Crippen MR) is 76.6 cm³/mol. The number of hydrogen-bond donors (Lipinski definition) is 1. The number of carboxylic acid groups (broad SMARTS) is 1. The molecule has 112 valence electrons. The number of nitro groups is 1. The van der Waals surface area contributed by atoms with Crippen molar-refractivity contribution in [2.75, 3.05) is 13.1 Å². The van der Waals surface area contributed by atoms with E-state index < -0.39 is 23.3 Å². The number of hydrogen-bond acceptors (Lipinski definition) is 4. The first-order valence-corrected chi connectivity index (χ1v) is 6.38. The van der Waals surface area contributed by atoms with E-state index in [9.17, 15) is 19.7 Å². The summed E-state index contributed by atoms with van der Waals surface area (Å²) in [7, 11) is 0. The Kier molecular flexibility index (Phi) is 6.06. The van der Waals surface area contributed by atoms with Gasteiger partial charge < -0.3 is 10.0 Å². The monoisotopic (exact) mass is 292 g/mol. The molecule has 21 heavy (non-hydrogen) atoms. The van der Waals surface area contributed by atoms with Gasteiger partial charge in [0.15, 0.2) is 0 Å². The van der Waals surface area contributed by atoms with Crippen molar-refractivity contribution >= 4 is 23.6 Å². The molecule has 0 saturated heterocycles. The number of nitro benzene ring substituents is 1. The SMILES string of the molecule is CCCN(CC(=O)O)C(=O)/C=C/c1ccccc1[N+](=O)[O-]. The van der Waals surface area contributed by atoms with Gasteiger partial charge in [0, 0.05) is 18.7 Å². The van der Waals surface area contributed by atoms with Crippen molar-refractivity contribution in [3.63, 3.8) is 0 Å². The zero-order chi connectivity index (χ0) is 15.8. The lowest BCUT2D eigenvalue weighted by Gasteiger charge is -2.17. The van der Waals surface area contributed by atoms with Gasteiger partial charge in [0.05, 0.1) is 10.5 Å². The fraction of sp³-hybridized carbons (Fsp3) is 0.286. The molecule has 0 aliphatic rings. The summed E-state index contributed by atoms with van der Waals surface area (Å²) in [4.78, 5) is 34.1. The fourth-order valence-corrected chi connectivity index (χ4v) is 1.76. The van der Waals surface area contributed by atoms with E-state index in [0.717, 1.165) is 6.08 Å². The minimum Gasteiger partial charge on any atom is -0.480 e. The van der Waals surface area contributed by atoms with Crippen molar-refractivity contribution in [1.29, 1.82) is 0 Å². The molecule has 1 N–H and O–H groups in total. The van der Waals surface area contributed by atoms with Crippen LogP contribution >= 0.6 is 0 Å². The van der Waals surface area contributed by atoms with Gasteiger partial charge in [-0.05, 0) is 18.6 Å². The molecule has 0 bridgehead atoms. The van der Waals surface area contributed by atoms with Crippen LogP contribution in [0.2, 0.25) is 0 Å². The average Bonchev–Trinajstić information content (AvgIpc) is 2.44. The van der Waals surface area contributed by atoms with Crippen molar-refractivity contribution in [2.24, 2.45) is 0 Å². The van der Waals surface area contributed by atoms with E-state index in [-0.39, 0.29) is 5.69 Å². The highest BCUT2D eigenvalue weighted by Crippen LogP contribution is 2.19. The Morgan fingerprint density at radius 1 is 1.38 bits per heavy atom. The van der Waals surface area contributed by atoms with Crippen LogP contribution in [0.4, 0.5) is 5.69 Å². The maximum absolute atomic E-state index is 11.9. The van der Waals surface area contributed by atoms with Gasteiger partial charge >= 0.3 is 5.97 Å². The first-order valence-electron chi connectivity index (χ1n) is 6.38. The van der Waals surface area contributed by atoms with E-state index in [1.54, 1.807) is 6.07 Å². The Bertz CT molecular complexity index is 568. The Morgan fingerprint density at radius 3 is 2.62 bits per heavy atom. The molecule has 1 rings (SSSR count). The smallest absolute Gasteiger partial charge is 0.323 e. The molecule has 0 atom stereocenters. The summed E-state index contributed by atoms with van der Waals surface area (Å²) >= 11 is 0. The molecule has 1 aromatic rings. The topological polar surface area (TPSA) is 101 Å². The molecule has 7 nitrogen and oxygen atoms in total. The molecule has 0 spiro atoms. The van der Waals surface area contributed by atoms with Gasteiger partial charge in [0.2, 0.25) is 5.91 Å². The van der Waals surface area contributed by atoms with Crippen LogP contribution < -0.4 is 0 Å². The number of rotatable bonds is 7. The molecule has 0 aliphatic heterocycles. The van der Waals surface area contributed by atoms with Crippen LogP contribution in [0.5, 0.6) is 0 Å². The molecule has 0 heterocycles. The molecular weight excluding hydrogens is 276 g/mol. The number of carboxylic acids is 1. The molecule has 1 amide bonds. The lowest BCUT2D eigenvalue weighted by atomic mass is 10.1. The zero-order valence-corrected chi connectivity index (χ0v) is 11.6. The van der Waals surface area contributed by atoms with Gasteiger partial charge in [-0.3, -0.25) is 19.7 Å². The van der Waals surface area contributed by atoms with Crippen LogP contribution in [0.1, 0.15) is 18.9 Å². The van der Waals surface area contributed by atoms with E-state index in [1.807, 2.05) is 6.92 Å². The third-order valence-corrected chi connectivity index (χ3v) is 2.67. The standard InChI is InChI=1S/C14H16N2O5/c1-2-9-15(10-14(18)19)13(17)8-7-11-5-3-4-6-12(11)16(20)21/h3-8H,2,9-10H2,1H3,(H,18,19)/b8-7+. The molecule has 0 radical (unpaired) electrons. The van der Waals surface area contributed by atoms with E-state index in [4.69, 9.17) is 5.11 Å². The molecular formula is C14H16N2O5. The fourth-order valence-electron chi connectivity index (χ4n) is 1.76. The quantitative estimate of drug-likeness (QED) is 0.470. The summed E-state index contributed by atoms with van der Waals surface area (Å²) in [5.41, 5.74) is 0.185. The van der Waals surface area contributed by atoms with Gasteiger partial charge in [-0.1, -0.05) is 19.1 Å². The molecule has 0 saturated carbocycles. The highest BCUT2D eigenvalue weighted by molar-refractivity contribution is 5.94. The van der Waals surface area contributed by atoms with Gasteiger partial charge in [0.1, 0.15) is 6.54 Å². The second-order valence-corrected chi connectivity index (χ2v) is 4.30. The molecule has 0 unspecified atom stereocenters. The number of aliphatic carboxylic acids is 1. The van der Waals surface area contributed by atoms with Crippen LogP contribution in [0, 0.1) is 10.1 Å². The molecule has 0 aliphatic carbocycles. The minimum atomic E-state index is -1.10. The predicted octanol–water partition coefficient (Wildman–Crippen LogP) is 1.93. The molecule has 0 aromatic heterocycles. The van der Waals surface area contributed by atoms with Crippen LogP contribution in [0.15, 0.2) is 30.3 Å². The second kappa shape index (κ2) is 7.78. The summed E-state index contributed by atoms with van der Waals surface area (Å²) in [5.74, 6) is -1.59. The van der Waals surface area contributed by atoms with Crippen molar-refractivity contribution in [3.05, 3.63) is 46.0 Å². The van der Waals surface area contributed by atoms with Crippen LogP contribution in [-0.4, -0.2) is 39.9 Å². The largest absolute Gasteiger partial charge is 0.480 e. The van der Waals surface area contributed by atoms with Crippen LogP contribution in [0.3, 0.4) is 0 Å². The summed E-state index contributed by atoms with van der Waals surface area (Å²) in [6.07, 6.45) is 3.10. The minimum absolute atomic E-state index is 0.109. The Hall–Kier alpha value is -2.70. The van der Waals surface area contributed by atoms with E-state index in [1.165, 1.54) is 29.2 Å². The number of carbonyl (C=O) groups is 2. The number of carbonyl (C=O) groups excluding carboxylic acids is 1. The zero-order valence-electron chi connectivity index (χ0n) is 11.6. The highest BCUT2D eigenvalue weighted by Gasteiger charge is 2.14. The first kappa shape index (κ1) is 16.4. The average molecular weight is 292 g/mol. The molecule has 7 heteroatoms. The first-order chi connectivity index (χ1) is 9.95. The van der Waals surface area contributed by atoms with Crippen molar-refractivity contribution in [2.45, 2.75) is 13.3 Å². The second-order valence-electron chi connectivity index (χ2n) is 4.30. The Morgan fingerprint density at radius 2 is 2.05 bits per heavy atom. The maximum Gasteiger partial charge on any atom is 0.323 e. The normalized spacial score (nSPS) is 10.5.